The number of pyridine rings is 1. The molecule has 2 aliphatic rings. The smallest absolute Gasteiger partial charge is 0.290 e. The Bertz CT molecular complexity index is 1150. The van der Waals surface area contributed by atoms with Gasteiger partial charge >= 0.3 is 0 Å². The number of benzene rings is 1. The van der Waals surface area contributed by atoms with E-state index in [9.17, 15) is 9.59 Å². The minimum absolute atomic E-state index is 0.140. The molecule has 7 heteroatoms. The highest BCUT2D eigenvalue weighted by Gasteiger charge is 2.42. The van der Waals surface area contributed by atoms with Crippen molar-refractivity contribution < 1.29 is 13.9 Å². The monoisotopic (exact) mass is 405 g/mol. The third-order valence-electron chi connectivity index (χ3n) is 5.90. The van der Waals surface area contributed by atoms with Crippen molar-refractivity contribution in [2.75, 3.05) is 39.4 Å². The van der Waals surface area contributed by atoms with Gasteiger partial charge in [-0.1, -0.05) is 11.6 Å². The van der Waals surface area contributed by atoms with Crippen LogP contribution in [0.5, 0.6) is 0 Å². The van der Waals surface area contributed by atoms with Gasteiger partial charge in [-0.2, -0.15) is 0 Å². The summed E-state index contributed by atoms with van der Waals surface area (Å²) in [6, 6.07) is 8.71. The van der Waals surface area contributed by atoms with Gasteiger partial charge in [-0.15, -0.1) is 0 Å². The maximum Gasteiger partial charge on any atom is 0.290 e. The van der Waals surface area contributed by atoms with Crippen molar-refractivity contribution in [3.8, 4) is 0 Å². The Morgan fingerprint density at radius 3 is 2.60 bits per heavy atom. The molecule has 0 bridgehead atoms. The molecule has 7 nitrogen and oxygen atoms in total. The number of amides is 1. The van der Waals surface area contributed by atoms with Crippen molar-refractivity contribution in [3.63, 3.8) is 0 Å². The minimum Gasteiger partial charge on any atom is -0.450 e. The molecule has 2 aliphatic heterocycles. The summed E-state index contributed by atoms with van der Waals surface area (Å²) in [6.45, 7) is 6.25. The molecule has 0 unspecified atom stereocenters. The van der Waals surface area contributed by atoms with Crippen molar-refractivity contribution in [1.29, 1.82) is 0 Å². The molecule has 2 aromatic heterocycles. The summed E-state index contributed by atoms with van der Waals surface area (Å²) in [6.07, 6.45) is 3.37. The Hall–Kier alpha value is -3.03. The molecule has 0 N–H and O–H groups in total. The highest BCUT2D eigenvalue weighted by molar-refractivity contribution is 5.99. The quantitative estimate of drug-likeness (QED) is 0.663. The second-order valence-electron chi connectivity index (χ2n) is 7.81. The number of ether oxygens (including phenoxy) is 1. The largest absolute Gasteiger partial charge is 0.450 e. The average molecular weight is 405 g/mol. The molecule has 1 aromatic carbocycles. The maximum atomic E-state index is 13.5. The number of carbonyl (C=O) groups is 1. The first-order valence-electron chi connectivity index (χ1n) is 10.2. The summed E-state index contributed by atoms with van der Waals surface area (Å²) in [5.74, 6) is -0.0835. The van der Waals surface area contributed by atoms with E-state index in [2.05, 4.69) is 9.88 Å². The number of fused-ring (bicyclic) bond motifs is 2. The fourth-order valence-electron chi connectivity index (χ4n) is 4.33. The average Bonchev–Trinajstić information content (AvgIpc) is 3.06. The highest BCUT2D eigenvalue weighted by atomic mass is 16.5. The zero-order valence-corrected chi connectivity index (χ0v) is 16.8. The summed E-state index contributed by atoms with van der Waals surface area (Å²) < 4.78 is 11.4. The Kier molecular flexibility index (Phi) is 4.84. The van der Waals surface area contributed by atoms with Gasteiger partial charge in [-0.3, -0.25) is 19.5 Å². The number of rotatable bonds is 4. The molecular formula is C23H23N3O4. The van der Waals surface area contributed by atoms with Crippen LogP contribution in [0.4, 0.5) is 0 Å². The van der Waals surface area contributed by atoms with Gasteiger partial charge in [0.15, 0.2) is 5.43 Å². The first-order valence-corrected chi connectivity index (χ1v) is 10.2. The van der Waals surface area contributed by atoms with Gasteiger partial charge < -0.3 is 14.1 Å². The van der Waals surface area contributed by atoms with Crippen molar-refractivity contribution in [2.45, 2.75) is 13.0 Å². The van der Waals surface area contributed by atoms with Crippen LogP contribution in [0.15, 0.2) is 51.9 Å². The lowest BCUT2D eigenvalue weighted by Gasteiger charge is -2.31. The van der Waals surface area contributed by atoms with Gasteiger partial charge in [0.05, 0.1) is 30.2 Å². The molecule has 1 saturated heterocycles. The summed E-state index contributed by atoms with van der Waals surface area (Å²) in [7, 11) is 0. The van der Waals surface area contributed by atoms with E-state index in [1.165, 1.54) is 0 Å². The molecule has 4 heterocycles. The van der Waals surface area contributed by atoms with E-state index in [1.54, 1.807) is 23.4 Å². The van der Waals surface area contributed by atoms with Crippen LogP contribution in [0.3, 0.4) is 0 Å². The van der Waals surface area contributed by atoms with Crippen molar-refractivity contribution in [3.05, 3.63) is 75.4 Å². The number of hydrogen-bond donors (Lipinski definition) is 0. The minimum atomic E-state index is -0.474. The zero-order valence-electron chi connectivity index (χ0n) is 16.8. The summed E-state index contributed by atoms with van der Waals surface area (Å²) in [4.78, 5) is 34.9. The molecule has 0 spiro atoms. The highest BCUT2D eigenvalue weighted by Crippen LogP contribution is 2.37. The predicted octanol–water partition coefficient (Wildman–Crippen LogP) is 2.37. The SMILES string of the molecule is Cc1ccc2oc3c(c(=O)c2c1)[C@@H](c1ccncc1)N(CCN1CCOCC1)C3=O. The third-order valence-corrected chi connectivity index (χ3v) is 5.90. The summed E-state index contributed by atoms with van der Waals surface area (Å²) in [5.41, 5.74) is 2.56. The van der Waals surface area contributed by atoms with Gasteiger partial charge in [-0.25, -0.2) is 0 Å². The van der Waals surface area contributed by atoms with Crippen molar-refractivity contribution in [2.24, 2.45) is 0 Å². The molecular weight excluding hydrogens is 382 g/mol. The molecule has 1 fully saturated rings. The van der Waals surface area contributed by atoms with E-state index < -0.39 is 6.04 Å². The fourth-order valence-corrected chi connectivity index (χ4v) is 4.33. The lowest BCUT2D eigenvalue weighted by molar-refractivity contribution is 0.0314. The van der Waals surface area contributed by atoms with E-state index in [0.29, 0.717) is 36.3 Å². The van der Waals surface area contributed by atoms with Crippen LogP contribution in [-0.2, 0) is 4.74 Å². The second kappa shape index (κ2) is 7.66. The van der Waals surface area contributed by atoms with Gasteiger partial charge in [-0.05, 0) is 36.8 Å². The zero-order chi connectivity index (χ0) is 20.7. The van der Waals surface area contributed by atoms with Gasteiger partial charge in [0.25, 0.3) is 5.91 Å². The molecule has 0 aliphatic carbocycles. The van der Waals surface area contributed by atoms with Crippen LogP contribution >= 0.6 is 0 Å². The first-order chi connectivity index (χ1) is 14.6. The molecule has 30 heavy (non-hydrogen) atoms. The van der Waals surface area contributed by atoms with Crippen LogP contribution in [-0.4, -0.2) is 60.1 Å². The number of nitrogens with zero attached hydrogens (tertiary/aromatic N) is 3. The molecule has 1 amide bonds. The summed E-state index contributed by atoms with van der Waals surface area (Å²) >= 11 is 0. The van der Waals surface area contributed by atoms with E-state index in [4.69, 9.17) is 9.15 Å². The van der Waals surface area contributed by atoms with Crippen LogP contribution in [0.25, 0.3) is 11.0 Å². The number of aryl methyl sites for hydroxylation is 1. The van der Waals surface area contributed by atoms with Crippen LogP contribution in [0, 0.1) is 6.92 Å². The Morgan fingerprint density at radius 2 is 1.83 bits per heavy atom. The van der Waals surface area contributed by atoms with E-state index in [-0.39, 0.29) is 17.1 Å². The van der Waals surface area contributed by atoms with Gasteiger partial charge in [0.1, 0.15) is 5.58 Å². The van der Waals surface area contributed by atoms with Crippen LogP contribution < -0.4 is 5.43 Å². The molecule has 0 saturated carbocycles. The normalized spacial score (nSPS) is 19.4. The molecule has 3 aromatic rings. The number of hydrogen-bond acceptors (Lipinski definition) is 6. The molecule has 0 radical (unpaired) electrons. The van der Waals surface area contributed by atoms with E-state index >= 15 is 0 Å². The van der Waals surface area contributed by atoms with E-state index in [1.807, 2.05) is 31.2 Å². The van der Waals surface area contributed by atoms with E-state index in [0.717, 1.165) is 30.8 Å². The Morgan fingerprint density at radius 1 is 1.07 bits per heavy atom. The summed E-state index contributed by atoms with van der Waals surface area (Å²) in [5, 5.41) is 0.510. The Labute approximate surface area is 173 Å². The lowest BCUT2D eigenvalue weighted by atomic mass is 9.99. The number of aromatic nitrogens is 1. The molecule has 1 atom stereocenters. The number of carbonyl (C=O) groups excluding carboxylic acids is 1. The lowest BCUT2D eigenvalue weighted by Crippen LogP contribution is -2.42. The standard InChI is InChI=1S/C23H23N3O4/c1-15-2-3-18-17(14-15)21(27)19-20(16-4-6-24-7-5-16)26(23(28)22(19)30-18)9-8-25-10-12-29-13-11-25/h2-7,14,20H,8-13H2,1H3/t20-/m1/s1. The maximum absolute atomic E-state index is 13.5. The molecule has 5 rings (SSSR count). The third kappa shape index (κ3) is 3.20. The van der Waals surface area contributed by atoms with Gasteiger partial charge in [0, 0.05) is 38.6 Å². The Balaban J connectivity index is 1.60. The van der Waals surface area contributed by atoms with Crippen molar-refractivity contribution >= 4 is 16.9 Å². The number of morpholine rings is 1. The predicted molar refractivity (Wildman–Crippen MR) is 112 cm³/mol. The van der Waals surface area contributed by atoms with Crippen LogP contribution in [0.2, 0.25) is 0 Å². The van der Waals surface area contributed by atoms with Crippen molar-refractivity contribution in [1.82, 2.24) is 14.8 Å². The fraction of sp³-hybridized carbons (Fsp3) is 0.348. The first kappa shape index (κ1) is 19.0. The topological polar surface area (TPSA) is 75.9 Å². The van der Waals surface area contributed by atoms with Gasteiger partial charge in [0.2, 0.25) is 5.76 Å². The molecule has 154 valence electrons. The van der Waals surface area contributed by atoms with Crippen LogP contribution in [0.1, 0.15) is 33.3 Å². The second-order valence-corrected chi connectivity index (χ2v) is 7.81.